The van der Waals surface area contributed by atoms with Crippen molar-refractivity contribution in [3.8, 4) is 0 Å². The van der Waals surface area contributed by atoms with Gasteiger partial charge in [0.2, 0.25) is 15.7 Å². The maximum atomic E-state index is 13.6. The Morgan fingerprint density at radius 1 is 1.11 bits per heavy atom. The standard InChI is InChI=1S/C19H16FN3O4S/c1-13-5-4-6-14(11-13)28(26,27)18-9-10-19(25)23(22-18)12-17(24)21-16-8-3-2-7-15(16)20/h2-11H,12H2,1H3,(H,21,24). The number of nitrogens with zero attached hydrogens (tertiary/aromatic N) is 2. The van der Waals surface area contributed by atoms with E-state index in [2.05, 4.69) is 10.4 Å². The topological polar surface area (TPSA) is 98.1 Å². The van der Waals surface area contributed by atoms with Gasteiger partial charge in [0.05, 0.1) is 10.6 Å². The summed E-state index contributed by atoms with van der Waals surface area (Å²) in [4.78, 5) is 24.2. The molecule has 9 heteroatoms. The number of carbonyl (C=O) groups is 1. The molecule has 0 unspecified atom stereocenters. The van der Waals surface area contributed by atoms with Crippen LogP contribution in [0.3, 0.4) is 0 Å². The van der Waals surface area contributed by atoms with Crippen molar-refractivity contribution in [1.82, 2.24) is 9.78 Å². The van der Waals surface area contributed by atoms with Crippen LogP contribution in [-0.4, -0.2) is 24.1 Å². The molecule has 1 heterocycles. The minimum absolute atomic E-state index is 0.0287. The summed E-state index contributed by atoms with van der Waals surface area (Å²) >= 11 is 0. The van der Waals surface area contributed by atoms with Gasteiger partial charge in [0.25, 0.3) is 5.56 Å². The molecule has 0 saturated carbocycles. The van der Waals surface area contributed by atoms with Gasteiger partial charge < -0.3 is 5.32 Å². The predicted octanol–water partition coefficient (Wildman–Crippen LogP) is 2.16. The van der Waals surface area contributed by atoms with Crippen molar-refractivity contribution < 1.29 is 17.6 Å². The molecule has 0 radical (unpaired) electrons. The highest BCUT2D eigenvalue weighted by Gasteiger charge is 2.21. The number of amides is 1. The van der Waals surface area contributed by atoms with Gasteiger partial charge in [-0.15, -0.1) is 0 Å². The van der Waals surface area contributed by atoms with E-state index in [1.807, 2.05) is 0 Å². The monoisotopic (exact) mass is 401 g/mol. The third kappa shape index (κ3) is 4.15. The molecule has 3 aromatic rings. The fourth-order valence-corrected chi connectivity index (χ4v) is 3.77. The van der Waals surface area contributed by atoms with Crippen LogP contribution in [0.25, 0.3) is 0 Å². The third-order valence-corrected chi connectivity index (χ3v) is 5.50. The SMILES string of the molecule is Cc1cccc(S(=O)(=O)c2ccc(=O)n(CC(=O)Nc3ccccc3F)n2)c1. The van der Waals surface area contributed by atoms with E-state index in [0.29, 0.717) is 0 Å². The molecular weight excluding hydrogens is 385 g/mol. The van der Waals surface area contributed by atoms with Gasteiger partial charge in [0.15, 0.2) is 5.03 Å². The predicted molar refractivity (Wildman–Crippen MR) is 100 cm³/mol. The summed E-state index contributed by atoms with van der Waals surface area (Å²) in [7, 11) is -3.96. The van der Waals surface area contributed by atoms with Gasteiger partial charge in [-0.3, -0.25) is 9.59 Å². The van der Waals surface area contributed by atoms with Crippen molar-refractivity contribution >= 4 is 21.4 Å². The molecule has 0 aliphatic heterocycles. The highest BCUT2D eigenvalue weighted by molar-refractivity contribution is 7.91. The summed E-state index contributed by atoms with van der Waals surface area (Å²) in [5.74, 6) is -1.35. The molecule has 1 N–H and O–H groups in total. The lowest BCUT2D eigenvalue weighted by Gasteiger charge is -2.09. The summed E-state index contributed by atoms with van der Waals surface area (Å²) in [6, 6.07) is 13.9. The maximum absolute atomic E-state index is 13.6. The van der Waals surface area contributed by atoms with Crippen molar-refractivity contribution in [2.24, 2.45) is 0 Å². The number of aromatic nitrogens is 2. The van der Waals surface area contributed by atoms with E-state index >= 15 is 0 Å². The van der Waals surface area contributed by atoms with Crippen LogP contribution in [0.15, 0.2) is 75.4 Å². The fourth-order valence-electron chi connectivity index (χ4n) is 2.48. The zero-order chi connectivity index (χ0) is 20.3. The number of hydrogen-bond acceptors (Lipinski definition) is 5. The number of hydrogen-bond donors (Lipinski definition) is 1. The minimum atomic E-state index is -3.96. The molecule has 1 aromatic heterocycles. The number of carbonyl (C=O) groups excluding carboxylic acids is 1. The lowest BCUT2D eigenvalue weighted by atomic mass is 10.2. The average Bonchev–Trinajstić information content (AvgIpc) is 2.65. The van der Waals surface area contributed by atoms with Crippen LogP contribution in [0.1, 0.15) is 5.56 Å². The summed E-state index contributed by atoms with van der Waals surface area (Å²) in [6.07, 6.45) is 0. The van der Waals surface area contributed by atoms with Crippen molar-refractivity contribution in [3.63, 3.8) is 0 Å². The quantitative estimate of drug-likeness (QED) is 0.707. The molecule has 0 spiro atoms. The summed E-state index contributed by atoms with van der Waals surface area (Å²) in [5.41, 5.74) is 0.0367. The molecule has 0 fully saturated rings. The van der Waals surface area contributed by atoms with E-state index in [1.165, 1.54) is 36.4 Å². The number of halogens is 1. The molecular formula is C19H16FN3O4S. The van der Waals surface area contributed by atoms with Crippen molar-refractivity contribution in [3.05, 3.63) is 82.4 Å². The van der Waals surface area contributed by atoms with E-state index in [-0.39, 0.29) is 15.6 Å². The first-order valence-electron chi connectivity index (χ1n) is 8.22. The van der Waals surface area contributed by atoms with Gasteiger partial charge in [-0.25, -0.2) is 17.5 Å². The van der Waals surface area contributed by atoms with Gasteiger partial charge in [-0.1, -0.05) is 24.3 Å². The second-order valence-electron chi connectivity index (χ2n) is 6.02. The number of nitrogens with one attached hydrogen (secondary N) is 1. The van der Waals surface area contributed by atoms with E-state index in [1.54, 1.807) is 19.1 Å². The first-order chi connectivity index (χ1) is 13.3. The minimum Gasteiger partial charge on any atom is -0.322 e. The number of benzene rings is 2. The normalized spacial score (nSPS) is 11.2. The smallest absolute Gasteiger partial charge is 0.267 e. The molecule has 0 aliphatic carbocycles. The van der Waals surface area contributed by atoms with Gasteiger partial charge in [-0.05, 0) is 42.8 Å². The molecule has 2 aromatic carbocycles. The molecule has 3 rings (SSSR count). The second-order valence-corrected chi connectivity index (χ2v) is 7.91. The zero-order valence-corrected chi connectivity index (χ0v) is 15.6. The maximum Gasteiger partial charge on any atom is 0.267 e. The first-order valence-corrected chi connectivity index (χ1v) is 9.70. The van der Waals surface area contributed by atoms with Gasteiger partial charge in [0.1, 0.15) is 12.4 Å². The molecule has 144 valence electrons. The van der Waals surface area contributed by atoms with E-state index in [0.717, 1.165) is 22.4 Å². The third-order valence-electron chi connectivity index (χ3n) is 3.86. The molecule has 28 heavy (non-hydrogen) atoms. The number of aryl methyl sites for hydroxylation is 1. The lowest BCUT2D eigenvalue weighted by molar-refractivity contribution is -0.117. The van der Waals surface area contributed by atoms with E-state index in [4.69, 9.17) is 0 Å². The van der Waals surface area contributed by atoms with Crippen LogP contribution in [0, 0.1) is 12.7 Å². The Hall–Kier alpha value is -3.33. The number of sulfone groups is 1. The number of anilines is 1. The average molecular weight is 401 g/mol. The van der Waals surface area contributed by atoms with Gasteiger partial charge in [0, 0.05) is 6.07 Å². The molecule has 0 aliphatic rings. The molecule has 7 nitrogen and oxygen atoms in total. The molecule has 1 amide bonds. The molecule has 0 bridgehead atoms. The van der Waals surface area contributed by atoms with E-state index < -0.39 is 33.7 Å². The van der Waals surface area contributed by atoms with Crippen LogP contribution in [0.4, 0.5) is 10.1 Å². The first kappa shape index (κ1) is 19.4. The number of para-hydroxylation sites is 1. The highest BCUT2D eigenvalue weighted by Crippen LogP contribution is 2.19. The van der Waals surface area contributed by atoms with Crippen LogP contribution in [-0.2, 0) is 21.2 Å². The molecule has 0 atom stereocenters. The summed E-state index contributed by atoms with van der Waals surface area (Å²) in [5, 5.41) is 5.77. The Morgan fingerprint density at radius 3 is 2.57 bits per heavy atom. The number of rotatable bonds is 5. The fraction of sp³-hybridized carbons (Fsp3) is 0.105. The largest absolute Gasteiger partial charge is 0.322 e. The summed E-state index contributed by atoms with van der Waals surface area (Å²) < 4.78 is 39.8. The Morgan fingerprint density at radius 2 is 1.86 bits per heavy atom. The van der Waals surface area contributed by atoms with Crippen LogP contribution in [0.2, 0.25) is 0 Å². The Balaban J connectivity index is 1.89. The Labute approximate surface area is 160 Å². The van der Waals surface area contributed by atoms with Crippen LogP contribution in [0.5, 0.6) is 0 Å². The van der Waals surface area contributed by atoms with Gasteiger partial charge in [-0.2, -0.15) is 5.10 Å². The zero-order valence-electron chi connectivity index (χ0n) is 14.8. The molecule has 0 saturated heterocycles. The van der Waals surface area contributed by atoms with Gasteiger partial charge >= 0.3 is 0 Å². The van der Waals surface area contributed by atoms with Crippen molar-refractivity contribution in [1.29, 1.82) is 0 Å². The Kier molecular flexibility index (Phi) is 5.36. The van der Waals surface area contributed by atoms with Crippen molar-refractivity contribution in [2.75, 3.05) is 5.32 Å². The highest BCUT2D eigenvalue weighted by atomic mass is 32.2. The Bertz CT molecular complexity index is 1210. The van der Waals surface area contributed by atoms with Crippen LogP contribution < -0.4 is 10.9 Å². The van der Waals surface area contributed by atoms with E-state index in [9.17, 15) is 22.4 Å². The second kappa shape index (κ2) is 7.73. The summed E-state index contributed by atoms with van der Waals surface area (Å²) in [6.45, 7) is 1.19. The van der Waals surface area contributed by atoms with Crippen LogP contribution >= 0.6 is 0 Å². The lowest BCUT2D eigenvalue weighted by Crippen LogP contribution is -2.30. The van der Waals surface area contributed by atoms with Crippen molar-refractivity contribution in [2.45, 2.75) is 23.4 Å².